The lowest BCUT2D eigenvalue weighted by atomic mass is 9.99. The predicted octanol–water partition coefficient (Wildman–Crippen LogP) is 3.24. The molecule has 0 radical (unpaired) electrons. The molecular formula is C16H15ClN2O. The van der Waals surface area contributed by atoms with Crippen LogP contribution >= 0.6 is 11.6 Å². The highest BCUT2D eigenvalue weighted by Gasteiger charge is 2.14. The summed E-state index contributed by atoms with van der Waals surface area (Å²) in [7, 11) is 0. The van der Waals surface area contributed by atoms with Crippen LogP contribution in [0.15, 0.2) is 42.5 Å². The molecule has 2 N–H and O–H groups in total. The van der Waals surface area contributed by atoms with Gasteiger partial charge in [0, 0.05) is 22.8 Å². The van der Waals surface area contributed by atoms with Crippen LogP contribution in [0.2, 0.25) is 5.02 Å². The number of carbonyl (C=O) groups is 1. The lowest BCUT2D eigenvalue weighted by molar-refractivity contribution is 0.102. The smallest absolute Gasteiger partial charge is 0.255 e. The van der Waals surface area contributed by atoms with Crippen LogP contribution in [0.4, 0.5) is 5.69 Å². The number of benzene rings is 2. The van der Waals surface area contributed by atoms with E-state index < -0.39 is 0 Å². The van der Waals surface area contributed by atoms with E-state index in [2.05, 4.69) is 16.7 Å². The summed E-state index contributed by atoms with van der Waals surface area (Å²) in [4.78, 5) is 12.2. The van der Waals surface area contributed by atoms with Gasteiger partial charge in [0.25, 0.3) is 5.91 Å². The normalized spacial score (nSPS) is 13.7. The van der Waals surface area contributed by atoms with Gasteiger partial charge in [0.2, 0.25) is 0 Å². The van der Waals surface area contributed by atoms with Crippen molar-refractivity contribution in [1.82, 2.24) is 5.32 Å². The van der Waals surface area contributed by atoms with E-state index in [1.54, 1.807) is 24.3 Å². The Morgan fingerprint density at radius 3 is 2.75 bits per heavy atom. The first-order chi connectivity index (χ1) is 9.74. The maximum absolute atomic E-state index is 12.2. The minimum absolute atomic E-state index is 0.111. The molecule has 0 spiro atoms. The quantitative estimate of drug-likeness (QED) is 0.890. The van der Waals surface area contributed by atoms with Gasteiger partial charge in [0.1, 0.15) is 0 Å². The third-order valence-electron chi connectivity index (χ3n) is 3.50. The molecular weight excluding hydrogens is 272 g/mol. The minimum atomic E-state index is -0.111. The molecule has 0 saturated heterocycles. The second-order valence-corrected chi connectivity index (χ2v) is 5.27. The van der Waals surface area contributed by atoms with E-state index in [4.69, 9.17) is 11.6 Å². The predicted molar refractivity (Wildman–Crippen MR) is 81.3 cm³/mol. The van der Waals surface area contributed by atoms with Crippen molar-refractivity contribution >= 4 is 23.2 Å². The number of rotatable bonds is 2. The summed E-state index contributed by atoms with van der Waals surface area (Å²) in [5.41, 5.74) is 3.98. The molecule has 3 nitrogen and oxygen atoms in total. The van der Waals surface area contributed by atoms with Gasteiger partial charge in [-0.25, -0.2) is 0 Å². The van der Waals surface area contributed by atoms with Crippen LogP contribution in [-0.4, -0.2) is 12.5 Å². The number of halogens is 1. The molecule has 1 amide bonds. The molecule has 2 aromatic carbocycles. The van der Waals surface area contributed by atoms with Crippen LogP contribution in [0, 0.1) is 0 Å². The van der Waals surface area contributed by atoms with Crippen molar-refractivity contribution in [2.45, 2.75) is 13.0 Å². The summed E-state index contributed by atoms with van der Waals surface area (Å²) >= 11 is 5.83. The first kappa shape index (κ1) is 13.2. The molecule has 0 aliphatic carbocycles. The Morgan fingerprint density at radius 2 is 1.95 bits per heavy atom. The van der Waals surface area contributed by atoms with Crippen LogP contribution in [-0.2, 0) is 13.0 Å². The molecule has 0 saturated carbocycles. The van der Waals surface area contributed by atoms with Crippen molar-refractivity contribution in [2.24, 2.45) is 0 Å². The van der Waals surface area contributed by atoms with Gasteiger partial charge in [0.05, 0.1) is 0 Å². The van der Waals surface area contributed by atoms with Gasteiger partial charge in [0.15, 0.2) is 0 Å². The molecule has 0 aromatic heterocycles. The zero-order chi connectivity index (χ0) is 13.9. The summed E-state index contributed by atoms with van der Waals surface area (Å²) in [5, 5.41) is 6.94. The van der Waals surface area contributed by atoms with Crippen molar-refractivity contribution in [3.8, 4) is 0 Å². The summed E-state index contributed by atoms with van der Waals surface area (Å²) in [5.74, 6) is -0.111. The van der Waals surface area contributed by atoms with Gasteiger partial charge in [-0.15, -0.1) is 0 Å². The standard InChI is InChI=1S/C16H15ClN2O/c17-13-6-4-12(5-7-13)16(20)19-15-3-1-2-11-8-9-18-10-14(11)15/h1-7,18H,8-10H2,(H,19,20). The molecule has 3 rings (SSSR count). The molecule has 1 aliphatic heterocycles. The van der Waals surface area contributed by atoms with Crippen LogP contribution in [0.1, 0.15) is 21.5 Å². The van der Waals surface area contributed by atoms with Crippen molar-refractivity contribution < 1.29 is 4.79 Å². The Kier molecular flexibility index (Phi) is 3.72. The lowest BCUT2D eigenvalue weighted by Gasteiger charge is -2.20. The molecule has 1 aliphatic rings. The number of amides is 1. The monoisotopic (exact) mass is 286 g/mol. The maximum Gasteiger partial charge on any atom is 0.255 e. The van der Waals surface area contributed by atoms with Gasteiger partial charge in [-0.05, 0) is 54.4 Å². The number of hydrogen-bond acceptors (Lipinski definition) is 2. The third-order valence-corrected chi connectivity index (χ3v) is 3.75. The molecule has 4 heteroatoms. The molecule has 20 heavy (non-hydrogen) atoms. The average Bonchev–Trinajstić information content (AvgIpc) is 2.48. The lowest BCUT2D eigenvalue weighted by Crippen LogP contribution is -2.25. The molecule has 1 heterocycles. The molecule has 0 fully saturated rings. The fraction of sp³-hybridized carbons (Fsp3) is 0.188. The van der Waals surface area contributed by atoms with E-state index >= 15 is 0 Å². The van der Waals surface area contributed by atoms with E-state index in [1.165, 1.54) is 11.1 Å². The maximum atomic E-state index is 12.2. The highest BCUT2D eigenvalue weighted by Crippen LogP contribution is 2.23. The SMILES string of the molecule is O=C(Nc1cccc2c1CNCC2)c1ccc(Cl)cc1. The summed E-state index contributed by atoms with van der Waals surface area (Å²) < 4.78 is 0. The van der Waals surface area contributed by atoms with Gasteiger partial charge < -0.3 is 10.6 Å². The summed E-state index contributed by atoms with van der Waals surface area (Å²) in [6, 6.07) is 12.9. The average molecular weight is 287 g/mol. The number of nitrogens with one attached hydrogen (secondary N) is 2. The second-order valence-electron chi connectivity index (χ2n) is 4.83. The Labute approximate surface area is 123 Å². The summed E-state index contributed by atoms with van der Waals surface area (Å²) in [6.07, 6.45) is 1.000. The fourth-order valence-corrected chi connectivity index (χ4v) is 2.55. The molecule has 2 aromatic rings. The van der Waals surface area contributed by atoms with Gasteiger partial charge in [-0.1, -0.05) is 23.7 Å². The Bertz CT molecular complexity index is 637. The highest BCUT2D eigenvalue weighted by atomic mass is 35.5. The van der Waals surface area contributed by atoms with Crippen LogP contribution in [0.3, 0.4) is 0 Å². The van der Waals surface area contributed by atoms with Crippen LogP contribution in [0.25, 0.3) is 0 Å². The fourth-order valence-electron chi connectivity index (χ4n) is 2.43. The Balaban J connectivity index is 1.84. The van der Waals surface area contributed by atoms with E-state index in [1.807, 2.05) is 12.1 Å². The van der Waals surface area contributed by atoms with Gasteiger partial charge in [-0.3, -0.25) is 4.79 Å². The zero-order valence-electron chi connectivity index (χ0n) is 10.9. The molecule has 0 bridgehead atoms. The van der Waals surface area contributed by atoms with E-state index in [-0.39, 0.29) is 5.91 Å². The largest absolute Gasteiger partial charge is 0.322 e. The van der Waals surface area contributed by atoms with Gasteiger partial charge in [-0.2, -0.15) is 0 Å². The Morgan fingerprint density at radius 1 is 1.15 bits per heavy atom. The van der Waals surface area contributed by atoms with Crippen molar-refractivity contribution in [3.05, 3.63) is 64.2 Å². The van der Waals surface area contributed by atoms with E-state index in [0.717, 1.165) is 25.2 Å². The van der Waals surface area contributed by atoms with Crippen molar-refractivity contribution in [2.75, 3.05) is 11.9 Å². The third kappa shape index (κ3) is 2.69. The first-order valence-electron chi connectivity index (χ1n) is 6.62. The number of hydrogen-bond donors (Lipinski definition) is 2. The highest BCUT2D eigenvalue weighted by molar-refractivity contribution is 6.30. The van der Waals surface area contributed by atoms with Gasteiger partial charge >= 0.3 is 0 Å². The molecule has 0 unspecified atom stereocenters. The Hall–Kier alpha value is -1.84. The van der Waals surface area contributed by atoms with E-state index in [0.29, 0.717) is 10.6 Å². The van der Waals surface area contributed by atoms with Crippen LogP contribution < -0.4 is 10.6 Å². The first-order valence-corrected chi connectivity index (χ1v) is 7.00. The zero-order valence-corrected chi connectivity index (χ0v) is 11.7. The summed E-state index contributed by atoms with van der Waals surface area (Å²) in [6.45, 7) is 1.79. The molecule has 102 valence electrons. The van der Waals surface area contributed by atoms with Crippen molar-refractivity contribution in [3.63, 3.8) is 0 Å². The van der Waals surface area contributed by atoms with Crippen LogP contribution in [0.5, 0.6) is 0 Å². The minimum Gasteiger partial charge on any atom is -0.322 e. The number of anilines is 1. The number of fused-ring (bicyclic) bond motifs is 1. The molecule has 0 atom stereocenters. The number of carbonyl (C=O) groups excluding carboxylic acids is 1. The second kappa shape index (κ2) is 5.65. The van der Waals surface area contributed by atoms with E-state index in [9.17, 15) is 4.79 Å². The van der Waals surface area contributed by atoms with Crippen molar-refractivity contribution in [1.29, 1.82) is 0 Å². The topological polar surface area (TPSA) is 41.1 Å².